The summed E-state index contributed by atoms with van der Waals surface area (Å²) in [7, 11) is 1.29. The molecule has 1 aromatic rings. The van der Waals surface area contributed by atoms with Crippen LogP contribution in [-0.4, -0.2) is 31.5 Å². The highest BCUT2D eigenvalue weighted by molar-refractivity contribution is 8.03. The summed E-state index contributed by atoms with van der Waals surface area (Å²) in [6.45, 7) is 0.158. The van der Waals surface area contributed by atoms with Gasteiger partial charge in [0.05, 0.1) is 29.5 Å². The Kier molecular flexibility index (Phi) is 4.62. The van der Waals surface area contributed by atoms with Crippen molar-refractivity contribution in [2.45, 2.75) is 12.3 Å². The Labute approximate surface area is 142 Å². The van der Waals surface area contributed by atoms with Crippen LogP contribution in [0, 0.1) is 11.3 Å². The van der Waals surface area contributed by atoms with Crippen LogP contribution in [0.25, 0.3) is 0 Å². The maximum atomic E-state index is 12.0. The van der Waals surface area contributed by atoms with E-state index in [9.17, 15) is 14.9 Å². The molecule has 1 aromatic carbocycles. The third kappa shape index (κ3) is 3.16. The lowest BCUT2D eigenvalue weighted by molar-refractivity contribution is -0.137. The minimum absolute atomic E-state index is 0.0190. The molecular weight excluding hydrogens is 332 g/mol. The van der Waals surface area contributed by atoms with Gasteiger partial charge in [-0.25, -0.2) is 0 Å². The molecule has 0 saturated heterocycles. The Bertz CT molecular complexity index is 768. The molecule has 1 atom stereocenters. The fraction of sp³-hybridized carbons (Fsp3) is 0.312. The summed E-state index contributed by atoms with van der Waals surface area (Å²) < 4.78 is 15.2. The van der Waals surface area contributed by atoms with Gasteiger partial charge in [-0.05, 0) is 17.7 Å². The van der Waals surface area contributed by atoms with E-state index in [0.717, 1.165) is 17.3 Å². The Morgan fingerprint density at radius 1 is 1.46 bits per heavy atom. The standard InChI is InChI=1S/C16H14N2O5S/c1-21-15(20)7-24-16-11(6-17)10(5-14(19)18-16)9-2-3-12-13(4-9)23-8-22-12/h2-4,10H,5,7-8H2,1H3,(H,18,19)/t10-/m0/s1. The lowest BCUT2D eigenvalue weighted by atomic mass is 9.87. The van der Waals surface area contributed by atoms with Gasteiger partial charge in [0, 0.05) is 12.3 Å². The van der Waals surface area contributed by atoms with Crippen molar-refractivity contribution in [1.82, 2.24) is 5.32 Å². The van der Waals surface area contributed by atoms with Crippen molar-refractivity contribution in [2.75, 3.05) is 19.7 Å². The summed E-state index contributed by atoms with van der Waals surface area (Å²) in [6.07, 6.45) is 0.158. The SMILES string of the molecule is COC(=O)CSC1=C(C#N)[C@H](c2ccc3c(c2)OCO3)CC(=O)N1. The minimum atomic E-state index is -0.427. The van der Waals surface area contributed by atoms with Gasteiger partial charge in [-0.2, -0.15) is 5.26 Å². The van der Waals surface area contributed by atoms with Crippen LogP contribution in [0.2, 0.25) is 0 Å². The van der Waals surface area contributed by atoms with Crippen molar-refractivity contribution in [2.24, 2.45) is 0 Å². The van der Waals surface area contributed by atoms with Crippen LogP contribution in [0.4, 0.5) is 0 Å². The number of hydrogen-bond donors (Lipinski definition) is 1. The number of allylic oxidation sites excluding steroid dienone is 1. The first kappa shape index (κ1) is 16.2. The molecule has 1 N–H and O–H groups in total. The van der Waals surface area contributed by atoms with Crippen molar-refractivity contribution in [3.8, 4) is 17.6 Å². The van der Waals surface area contributed by atoms with Gasteiger partial charge >= 0.3 is 5.97 Å². The van der Waals surface area contributed by atoms with E-state index >= 15 is 0 Å². The molecule has 2 aliphatic heterocycles. The van der Waals surface area contributed by atoms with E-state index in [4.69, 9.17) is 9.47 Å². The summed E-state index contributed by atoms with van der Waals surface area (Å²) in [5.41, 5.74) is 1.21. The predicted octanol–water partition coefficient (Wildman–Crippen LogP) is 1.66. The number of rotatable bonds is 4. The molecule has 0 bridgehead atoms. The highest BCUT2D eigenvalue weighted by Crippen LogP contribution is 2.40. The zero-order valence-electron chi connectivity index (χ0n) is 12.8. The van der Waals surface area contributed by atoms with Gasteiger partial charge in [0.2, 0.25) is 12.7 Å². The van der Waals surface area contributed by atoms with Crippen molar-refractivity contribution < 1.29 is 23.8 Å². The van der Waals surface area contributed by atoms with Gasteiger partial charge < -0.3 is 19.5 Å². The molecule has 124 valence electrons. The molecule has 0 unspecified atom stereocenters. The molecule has 3 rings (SSSR count). The normalized spacial score (nSPS) is 18.8. The molecule has 0 radical (unpaired) electrons. The summed E-state index contributed by atoms with van der Waals surface area (Å²) in [5, 5.41) is 12.6. The van der Waals surface area contributed by atoms with E-state index < -0.39 is 11.9 Å². The number of amides is 1. The van der Waals surface area contributed by atoms with E-state index in [1.54, 1.807) is 12.1 Å². The van der Waals surface area contributed by atoms with Gasteiger partial charge in [-0.3, -0.25) is 9.59 Å². The van der Waals surface area contributed by atoms with Crippen LogP contribution in [-0.2, 0) is 14.3 Å². The zero-order chi connectivity index (χ0) is 17.1. The van der Waals surface area contributed by atoms with Gasteiger partial charge in [-0.15, -0.1) is 0 Å². The van der Waals surface area contributed by atoms with Gasteiger partial charge in [-0.1, -0.05) is 17.8 Å². The number of esters is 1. The second-order valence-corrected chi connectivity index (χ2v) is 6.12. The van der Waals surface area contributed by atoms with E-state index in [-0.39, 0.29) is 24.9 Å². The van der Waals surface area contributed by atoms with E-state index in [1.807, 2.05) is 6.07 Å². The maximum absolute atomic E-state index is 12.0. The Morgan fingerprint density at radius 2 is 2.25 bits per heavy atom. The molecular formula is C16H14N2O5S. The molecule has 2 aliphatic rings. The minimum Gasteiger partial charge on any atom is -0.468 e. The number of benzene rings is 1. The number of nitrogens with zero attached hydrogens (tertiary/aromatic N) is 1. The largest absolute Gasteiger partial charge is 0.468 e. The Morgan fingerprint density at radius 3 is 3.00 bits per heavy atom. The van der Waals surface area contributed by atoms with E-state index in [0.29, 0.717) is 22.1 Å². The first-order valence-corrected chi connectivity index (χ1v) is 8.14. The third-order valence-electron chi connectivity index (χ3n) is 3.72. The first-order chi connectivity index (χ1) is 11.6. The number of hydrogen-bond acceptors (Lipinski definition) is 7. The fourth-order valence-corrected chi connectivity index (χ4v) is 3.45. The number of carbonyl (C=O) groups is 2. The molecule has 2 heterocycles. The molecule has 0 spiro atoms. The van der Waals surface area contributed by atoms with Crippen LogP contribution in [0.1, 0.15) is 17.9 Å². The lowest BCUT2D eigenvalue weighted by Crippen LogP contribution is -2.31. The third-order valence-corrected chi connectivity index (χ3v) is 4.71. The van der Waals surface area contributed by atoms with Crippen LogP contribution in [0.5, 0.6) is 11.5 Å². The Hall–Kier alpha value is -2.66. The number of fused-ring (bicyclic) bond motifs is 1. The summed E-state index contributed by atoms with van der Waals surface area (Å²) >= 11 is 1.09. The molecule has 8 heteroatoms. The molecule has 7 nitrogen and oxygen atoms in total. The van der Waals surface area contributed by atoms with Crippen LogP contribution >= 0.6 is 11.8 Å². The summed E-state index contributed by atoms with van der Waals surface area (Å²) in [6, 6.07) is 7.52. The monoisotopic (exact) mass is 346 g/mol. The maximum Gasteiger partial charge on any atom is 0.316 e. The van der Waals surface area contributed by atoms with Crippen LogP contribution < -0.4 is 14.8 Å². The summed E-state index contributed by atoms with van der Waals surface area (Å²) in [4.78, 5) is 23.3. The fourth-order valence-electron chi connectivity index (χ4n) is 2.54. The van der Waals surface area contributed by atoms with Crippen LogP contribution in [0.15, 0.2) is 28.8 Å². The molecule has 0 aromatic heterocycles. The van der Waals surface area contributed by atoms with Crippen molar-refractivity contribution in [3.63, 3.8) is 0 Å². The molecule has 24 heavy (non-hydrogen) atoms. The van der Waals surface area contributed by atoms with Crippen LogP contribution in [0.3, 0.4) is 0 Å². The number of nitrogens with one attached hydrogen (secondary N) is 1. The average molecular weight is 346 g/mol. The molecule has 0 fully saturated rings. The quantitative estimate of drug-likeness (QED) is 0.828. The number of thioether (sulfide) groups is 1. The van der Waals surface area contributed by atoms with Gasteiger partial charge in [0.25, 0.3) is 0 Å². The topological polar surface area (TPSA) is 97.7 Å². The predicted molar refractivity (Wildman–Crippen MR) is 85.2 cm³/mol. The molecule has 1 amide bonds. The van der Waals surface area contributed by atoms with Crippen molar-refractivity contribution in [1.29, 1.82) is 5.26 Å². The molecule has 0 saturated carbocycles. The highest BCUT2D eigenvalue weighted by atomic mass is 32.2. The highest BCUT2D eigenvalue weighted by Gasteiger charge is 2.31. The summed E-state index contributed by atoms with van der Waals surface area (Å²) in [5.74, 6) is 0.235. The van der Waals surface area contributed by atoms with E-state index in [1.165, 1.54) is 7.11 Å². The Balaban J connectivity index is 1.92. The number of carbonyl (C=O) groups excluding carboxylic acids is 2. The second kappa shape index (κ2) is 6.84. The smallest absolute Gasteiger partial charge is 0.316 e. The lowest BCUT2D eigenvalue weighted by Gasteiger charge is -2.25. The number of ether oxygens (including phenoxy) is 3. The van der Waals surface area contributed by atoms with Crippen molar-refractivity contribution >= 4 is 23.6 Å². The number of methoxy groups -OCH3 is 1. The average Bonchev–Trinajstić information content (AvgIpc) is 3.06. The van der Waals surface area contributed by atoms with Crippen molar-refractivity contribution in [3.05, 3.63) is 34.4 Å². The van der Waals surface area contributed by atoms with E-state index in [2.05, 4.69) is 16.1 Å². The molecule has 0 aliphatic carbocycles. The van der Waals surface area contributed by atoms with Gasteiger partial charge in [0.15, 0.2) is 11.5 Å². The van der Waals surface area contributed by atoms with Gasteiger partial charge in [0.1, 0.15) is 0 Å². The second-order valence-electron chi connectivity index (χ2n) is 5.14. The number of nitriles is 1. The zero-order valence-corrected chi connectivity index (χ0v) is 13.6. The first-order valence-electron chi connectivity index (χ1n) is 7.15.